The van der Waals surface area contributed by atoms with Crippen molar-refractivity contribution in [2.24, 2.45) is 0 Å². The molecule has 1 aromatic carbocycles. The van der Waals surface area contributed by atoms with E-state index < -0.39 is 35.9 Å². The second kappa shape index (κ2) is 8.85. The van der Waals surface area contributed by atoms with Crippen LogP contribution in [0.4, 0.5) is 5.69 Å². The quantitative estimate of drug-likeness (QED) is 0.433. The first-order valence-electron chi connectivity index (χ1n) is 9.19. The molecule has 0 fully saturated rings. The SMILES string of the molecule is Cc1nn(CC(=O)OCC(=O)NC(=O)c2ccc(C(C)(C)C)cc2)c(C)c1[N+](=O)[O-]. The highest BCUT2D eigenvalue weighted by molar-refractivity contribution is 6.05. The van der Waals surface area contributed by atoms with E-state index in [9.17, 15) is 24.5 Å². The maximum Gasteiger partial charge on any atom is 0.328 e. The summed E-state index contributed by atoms with van der Waals surface area (Å²) in [6.45, 7) is 8.00. The average Bonchev–Trinajstić information content (AvgIpc) is 2.92. The number of amides is 2. The highest BCUT2D eigenvalue weighted by atomic mass is 16.6. The number of benzene rings is 1. The Balaban J connectivity index is 1.88. The normalized spacial score (nSPS) is 11.1. The van der Waals surface area contributed by atoms with Gasteiger partial charge in [0.05, 0.1) is 4.92 Å². The molecule has 0 bridgehead atoms. The molecule has 0 aliphatic rings. The van der Waals surface area contributed by atoms with Crippen LogP contribution in [0.25, 0.3) is 0 Å². The minimum atomic E-state index is -0.812. The molecule has 2 rings (SSSR count). The van der Waals surface area contributed by atoms with Gasteiger partial charge < -0.3 is 4.74 Å². The van der Waals surface area contributed by atoms with Gasteiger partial charge in [-0.25, -0.2) is 0 Å². The van der Waals surface area contributed by atoms with Gasteiger partial charge in [-0.3, -0.25) is 34.5 Å². The molecule has 2 amide bonds. The van der Waals surface area contributed by atoms with E-state index in [1.807, 2.05) is 32.9 Å². The second-order valence-corrected chi connectivity index (χ2v) is 7.80. The molecule has 2 aromatic rings. The van der Waals surface area contributed by atoms with Crippen LogP contribution in [0.1, 0.15) is 48.1 Å². The predicted octanol–water partition coefficient (Wildman–Crippen LogP) is 2.21. The number of imide groups is 1. The lowest BCUT2D eigenvalue weighted by Crippen LogP contribution is -2.34. The molecule has 0 aliphatic carbocycles. The zero-order valence-corrected chi connectivity index (χ0v) is 17.5. The highest BCUT2D eigenvalue weighted by Gasteiger charge is 2.23. The fraction of sp³-hybridized carbons (Fsp3) is 0.400. The lowest BCUT2D eigenvalue weighted by Gasteiger charge is -2.19. The number of carbonyl (C=O) groups excluding carboxylic acids is 3. The van der Waals surface area contributed by atoms with Crippen LogP contribution >= 0.6 is 0 Å². The van der Waals surface area contributed by atoms with Gasteiger partial charge in [0.2, 0.25) is 0 Å². The van der Waals surface area contributed by atoms with Crippen molar-refractivity contribution in [3.63, 3.8) is 0 Å². The Hall–Kier alpha value is -3.56. The zero-order chi connectivity index (χ0) is 22.6. The van der Waals surface area contributed by atoms with E-state index in [4.69, 9.17) is 4.74 Å². The van der Waals surface area contributed by atoms with Crippen molar-refractivity contribution >= 4 is 23.5 Å². The van der Waals surface area contributed by atoms with E-state index in [1.165, 1.54) is 13.8 Å². The topological polar surface area (TPSA) is 133 Å². The molecule has 1 aromatic heterocycles. The number of nitro groups is 1. The number of carbonyl (C=O) groups is 3. The van der Waals surface area contributed by atoms with Gasteiger partial charge in [-0.2, -0.15) is 5.10 Å². The molecule has 160 valence electrons. The third kappa shape index (κ3) is 5.49. The lowest BCUT2D eigenvalue weighted by atomic mass is 9.87. The van der Waals surface area contributed by atoms with Crippen LogP contribution in [-0.4, -0.2) is 39.1 Å². The number of nitrogens with zero attached hydrogens (tertiary/aromatic N) is 3. The summed E-state index contributed by atoms with van der Waals surface area (Å²) in [5.74, 6) is -2.20. The maximum absolute atomic E-state index is 12.2. The molecule has 10 nitrogen and oxygen atoms in total. The lowest BCUT2D eigenvalue weighted by molar-refractivity contribution is -0.386. The molecule has 1 N–H and O–H groups in total. The Morgan fingerprint density at radius 3 is 2.27 bits per heavy atom. The third-order valence-electron chi connectivity index (χ3n) is 4.44. The van der Waals surface area contributed by atoms with Crippen LogP contribution in [0, 0.1) is 24.0 Å². The summed E-state index contributed by atoms with van der Waals surface area (Å²) in [7, 11) is 0. The summed E-state index contributed by atoms with van der Waals surface area (Å²) in [5, 5.41) is 17.1. The number of aromatic nitrogens is 2. The van der Waals surface area contributed by atoms with Crippen molar-refractivity contribution in [2.75, 3.05) is 6.61 Å². The summed E-state index contributed by atoms with van der Waals surface area (Å²) >= 11 is 0. The van der Waals surface area contributed by atoms with Crippen molar-refractivity contribution < 1.29 is 24.0 Å². The van der Waals surface area contributed by atoms with Crippen LogP contribution in [0.3, 0.4) is 0 Å². The van der Waals surface area contributed by atoms with Gasteiger partial charge in [-0.05, 0) is 37.0 Å². The largest absolute Gasteiger partial charge is 0.454 e. The molecule has 0 saturated carbocycles. The average molecular weight is 416 g/mol. The number of hydrogen-bond donors (Lipinski definition) is 1. The van der Waals surface area contributed by atoms with Crippen LogP contribution in [0.5, 0.6) is 0 Å². The predicted molar refractivity (Wildman–Crippen MR) is 107 cm³/mol. The van der Waals surface area contributed by atoms with Crippen LogP contribution < -0.4 is 5.32 Å². The van der Waals surface area contributed by atoms with Crippen molar-refractivity contribution in [3.05, 3.63) is 56.9 Å². The van der Waals surface area contributed by atoms with Gasteiger partial charge in [0.25, 0.3) is 11.8 Å². The standard InChI is InChI=1S/C20H24N4O6/c1-12-18(24(28)29)13(2)23(22-12)10-17(26)30-11-16(25)21-19(27)14-6-8-15(9-7-14)20(3,4)5/h6-9H,10-11H2,1-5H3,(H,21,25,27). The first-order valence-corrected chi connectivity index (χ1v) is 9.19. The number of nitrogens with one attached hydrogen (secondary N) is 1. The molecular weight excluding hydrogens is 392 g/mol. The van der Waals surface area contributed by atoms with Gasteiger partial charge in [0.1, 0.15) is 17.9 Å². The first-order chi connectivity index (χ1) is 13.9. The van der Waals surface area contributed by atoms with Crippen molar-refractivity contribution in [2.45, 2.75) is 46.6 Å². The van der Waals surface area contributed by atoms with Gasteiger partial charge >= 0.3 is 11.7 Å². The van der Waals surface area contributed by atoms with Gasteiger partial charge in [0.15, 0.2) is 6.61 Å². The fourth-order valence-electron chi connectivity index (χ4n) is 2.78. The Morgan fingerprint density at radius 1 is 1.17 bits per heavy atom. The zero-order valence-electron chi connectivity index (χ0n) is 17.5. The van der Waals surface area contributed by atoms with Gasteiger partial charge in [-0.15, -0.1) is 0 Å². The third-order valence-corrected chi connectivity index (χ3v) is 4.44. The Kier molecular flexibility index (Phi) is 6.70. The molecule has 0 spiro atoms. The summed E-state index contributed by atoms with van der Waals surface area (Å²) in [4.78, 5) is 46.4. The molecule has 0 unspecified atom stereocenters. The molecule has 30 heavy (non-hydrogen) atoms. The smallest absolute Gasteiger partial charge is 0.328 e. The number of ether oxygens (including phenoxy) is 1. The molecular formula is C20H24N4O6. The van der Waals surface area contributed by atoms with Crippen LogP contribution in [0.2, 0.25) is 0 Å². The number of hydrogen-bond acceptors (Lipinski definition) is 7. The van der Waals surface area contributed by atoms with E-state index in [0.29, 0.717) is 5.56 Å². The number of rotatable bonds is 6. The first kappa shape index (κ1) is 22.7. The monoisotopic (exact) mass is 416 g/mol. The Morgan fingerprint density at radius 2 is 1.77 bits per heavy atom. The summed E-state index contributed by atoms with van der Waals surface area (Å²) < 4.78 is 5.97. The molecule has 1 heterocycles. The molecule has 10 heteroatoms. The Labute approximate surface area is 173 Å². The maximum atomic E-state index is 12.2. The minimum absolute atomic E-state index is 0.0646. The molecule has 0 atom stereocenters. The van der Waals surface area contributed by atoms with E-state index in [2.05, 4.69) is 10.4 Å². The highest BCUT2D eigenvalue weighted by Crippen LogP contribution is 2.22. The van der Waals surface area contributed by atoms with Crippen molar-refractivity contribution in [1.82, 2.24) is 15.1 Å². The summed E-state index contributed by atoms with van der Waals surface area (Å²) in [6, 6.07) is 6.86. The summed E-state index contributed by atoms with van der Waals surface area (Å²) in [5.41, 5.74) is 1.48. The number of esters is 1. The van der Waals surface area contributed by atoms with Crippen LogP contribution in [-0.2, 0) is 26.3 Å². The van der Waals surface area contributed by atoms with Gasteiger partial charge in [0, 0.05) is 5.56 Å². The van der Waals surface area contributed by atoms with E-state index in [1.54, 1.807) is 12.1 Å². The van der Waals surface area contributed by atoms with Gasteiger partial charge in [-0.1, -0.05) is 32.9 Å². The van der Waals surface area contributed by atoms with E-state index in [0.717, 1.165) is 10.2 Å². The van der Waals surface area contributed by atoms with E-state index in [-0.39, 0.29) is 22.5 Å². The molecule has 0 aliphatic heterocycles. The Bertz CT molecular complexity index is 986. The molecule has 0 radical (unpaired) electrons. The number of aryl methyl sites for hydroxylation is 1. The summed E-state index contributed by atoms with van der Waals surface area (Å²) in [6.07, 6.45) is 0. The van der Waals surface area contributed by atoms with Crippen LogP contribution in [0.15, 0.2) is 24.3 Å². The van der Waals surface area contributed by atoms with Crippen molar-refractivity contribution in [3.8, 4) is 0 Å². The fourth-order valence-corrected chi connectivity index (χ4v) is 2.78. The minimum Gasteiger partial charge on any atom is -0.454 e. The second-order valence-electron chi connectivity index (χ2n) is 7.80. The van der Waals surface area contributed by atoms with E-state index >= 15 is 0 Å². The van der Waals surface area contributed by atoms with Crippen molar-refractivity contribution in [1.29, 1.82) is 0 Å². The molecule has 0 saturated heterocycles.